The summed E-state index contributed by atoms with van der Waals surface area (Å²) >= 11 is 0. The average Bonchev–Trinajstić information content (AvgIpc) is 2.83. The van der Waals surface area contributed by atoms with Gasteiger partial charge in [-0.3, -0.25) is 15.0 Å². The minimum absolute atomic E-state index is 0.0253. The summed E-state index contributed by atoms with van der Waals surface area (Å²) in [7, 11) is 3.63. The minimum Gasteiger partial charge on any atom is -0.491 e. The van der Waals surface area contributed by atoms with Crippen molar-refractivity contribution in [1.82, 2.24) is 9.80 Å². The second kappa shape index (κ2) is 11.6. The van der Waals surface area contributed by atoms with Gasteiger partial charge in [-0.1, -0.05) is 12.1 Å². The number of carbonyl (C=O) groups is 2. The quantitative estimate of drug-likeness (QED) is 0.217. The molecular weight excluding hydrogens is 446 g/mol. The third-order valence-electron chi connectivity index (χ3n) is 5.94. The van der Waals surface area contributed by atoms with Crippen molar-refractivity contribution in [2.75, 3.05) is 52.7 Å². The lowest BCUT2D eigenvalue weighted by Gasteiger charge is -2.38. The molecule has 9 nitrogen and oxygen atoms in total. The number of nitrogens with zero attached hydrogens (tertiary/aromatic N) is 2. The Morgan fingerprint density at radius 3 is 2.43 bits per heavy atom. The zero-order valence-electron chi connectivity index (χ0n) is 20.4. The maximum atomic E-state index is 12.9. The molecule has 0 unspecified atom stereocenters. The molecule has 0 bridgehead atoms. The van der Waals surface area contributed by atoms with Gasteiger partial charge in [0.15, 0.2) is 0 Å². The summed E-state index contributed by atoms with van der Waals surface area (Å²) in [4.78, 5) is 29.7. The lowest BCUT2D eigenvalue weighted by Crippen LogP contribution is -2.52. The number of nitrogen functional groups attached to an aromatic ring is 1. The van der Waals surface area contributed by atoms with Crippen LogP contribution in [0.15, 0.2) is 48.5 Å². The van der Waals surface area contributed by atoms with Gasteiger partial charge in [-0.15, -0.1) is 0 Å². The van der Waals surface area contributed by atoms with Crippen LogP contribution in [0.5, 0.6) is 5.75 Å². The predicted molar refractivity (Wildman–Crippen MR) is 137 cm³/mol. The number of nitrogens with two attached hydrogens (primary N) is 2. The molecule has 1 saturated heterocycles. The van der Waals surface area contributed by atoms with Crippen molar-refractivity contribution >= 4 is 28.8 Å². The van der Waals surface area contributed by atoms with Gasteiger partial charge in [-0.2, -0.15) is 0 Å². The fourth-order valence-electron chi connectivity index (χ4n) is 3.94. The molecule has 1 atom stereocenters. The van der Waals surface area contributed by atoms with Gasteiger partial charge in [0.05, 0.1) is 6.61 Å². The van der Waals surface area contributed by atoms with Crippen LogP contribution in [0.2, 0.25) is 0 Å². The fraction of sp³-hybridized carbons (Fsp3) is 0.346. The van der Waals surface area contributed by atoms with Crippen molar-refractivity contribution in [2.24, 2.45) is 5.73 Å². The number of ketones is 1. The van der Waals surface area contributed by atoms with Crippen LogP contribution in [-0.2, 0) is 9.53 Å². The molecule has 0 spiro atoms. The number of carbonyl (C=O) groups excluding carboxylic acids is 2. The maximum Gasteiger partial charge on any atom is 0.254 e. The second-order valence-corrected chi connectivity index (χ2v) is 8.62. The zero-order chi connectivity index (χ0) is 25.5. The summed E-state index contributed by atoms with van der Waals surface area (Å²) in [5, 5.41) is 8.26. The van der Waals surface area contributed by atoms with Gasteiger partial charge < -0.3 is 30.7 Å². The Labute approximate surface area is 205 Å². The minimum atomic E-state index is -0.575. The van der Waals surface area contributed by atoms with Crippen molar-refractivity contribution in [3.8, 4) is 5.75 Å². The van der Waals surface area contributed by atoms with Crippen LogP contribution in [0, 0.1) is 5.41 Å². The largest absolute Gasteiger partial charge is 0.491 e. The molecule has 5 N–H and O–H groups in total. The molecule has 1 aliphatic rings. The molecule has 1 heterocycles. The smallest absolute Gasteiger partial charge is 0.254 e. The zero-order valence-corrected chi connectivity index (χ0v) is 20.4. The first-order valence-electron chi connectivity index (χ1n) is 11.4. The summed E-state index contributed by atoms with van der Waals surface area (Å²) in [6.45, 7) is 5.19. The molecule has 1 amide bonds. The first-order valence-corrected chi connectivity index (χ1v) is 11.4. The van der Waals surface area contributed by atoms with E-state index < -0.39 is 5.78 Å². The number of rotatable bonds is 9. The third kappa shape index (κ3) is 6.46. The van der Waals surface area contributed by atoms with E-state index in [1.54, 1.807) is 49.6 Å². The van der Waals surface area contributed by atoms with E-state index in [2.05, 4.69) is 4.90 Å². The molecule has 0 saturated carbocycles. The molecule has 2 aromatic rings. The summed E-state index contributed by atoms with van der Waals surface area (Å²) in [5.74, 6) is -0.0736. The number of benzene rings is 2. The van der Waals surface area contributed by atoms with Crippen LogP contribution in [0.3, 0.4) is 0 Å². The Morgan fingerprint density at radius 2 is 1.80 bits per heavy atom. The Balaban J connectivity index is 1.67. The first kappa shape index (κ1) is 25.9. The van der Waals surface area contributed by atoms with Crippen LogP contribution >= 0.6 is 0 Å². The molecule has 0 aliphatic carbocycles. The van der Waals surface area contributed by atoms with Gasteiger partial charge >= 0.3 is 0 Å². The molecule has 0 aromatic heterocycles. The Morgan fingerprint density at radius 1 is 1.11 bits per heavy atom. The molecule has 186 valence electrons. The molecule has 2 aromatic carbocycles. The number of anilines is 1. The van der Waals surface area contributed by atoms with E-state index in [-0.39, 0.29) is 29.0 Å². The van der Waals surface area contributed by atoms with Gasteiger partial charge in [-0.05, 0) is 43.8 Å². The van der Waals surface area contributed by atoms with E-state index in [4.69, 9.17) is 26.4 Å². The van der Waals surface area contributed by atoms with Gasteiger partial charge in [0.25, 0.3) is 5.91 Å². The highest BCUT2D eigenvalue weighted by Gasteiger charge is 2.26. The van der Waals surface area contributed by atoms with Crippen molar-refractivity contribution in [3.63, 3.8) is 0 Å². The standard InChI is InChI=1S/C26H33N5O4/c1-17-16-30(2)10-11-31(17)26(33)19-6-4-18(5-7-19)22(27)15-24(32)25(29)21-9-8-20(14-23(21)28)35-13-12-34-3/h4-9,14-15,17,29H,10-13,16,27-28H2,1-3H3/t17-/m0/s1. The number of likely N-dealkylation sites (N-methyl/N-ethyl adjacent to an activating group) is 1. The van der Waals surface area contributed by atoms with Crippen LogP contribution in [0.1, 0.15) is 28.4 Å². The van der Waals surface area contributed by atoms with Crippen LogP contribution in [0.4, 0.5) is 5.69 Å². The van der Waals surface area contributed by atoms with Crippen LogP contribution in [0.25, 0.3) is 5.70 Å². The van der Waals surface area contributed by atoms with E-state index in [1.165, 1.54) is 6.08 Å². The summed E-state index contributed by atoms with van der Waals surface area (Å²) in [5.41, 5.74) is 13.8. The van der Waals surface area contributed by atoms with Crippen LogP contribution in [-0.4, -0.2) is 80.2 Å². The van der Waals surface area contributed by atoms with Crippen molar-refractivity contribution in [1.29, 1.82) is 5.41 Å². The van der Waals surface area contributed by atoms with Crippen molar-refractivity contribution < 1.29 is 19.1 Å². The number of amides is 1. The number of ether oxygens (including phenoxy) is 2. The molecule has 3 rings (SSSR count). The number of methoxy groups -OCH3 is 1. The van der Waals surface area contributed by atoms with Gasteiger partial charge in [0.1, 0.15) is 18.1 Å². The van der Waals surface area contributed by atoms with Gasteiger partial charge in [0, 0.05) is 67.4 Å². The van der Waals surface area contributed by atoms with E-state index in [1.807, 2.05) is 18.9 Å². The molecule has 1 fully saturated rings. The highest BCUT2D eigenvalue weighted by molar-refractivity contribution is 6.50. The average molecular weight is 480 g/mol. The number of nitrogens with one attached hydrogen (secondary N) is 1. The number of allylic oxidation sites excluding steroid dienone is 1. The van der Waals surface area contributed by atoms with E-state index in [9.17, 15) is 9.59 Å². The summed E-state index contributed by atoms with van der Waals surface area (Å²) in [6, 6.07) is 11.7. The summed E-state index contributed by atoms with van der Waals surface area (Å²) < 4.78 is 10.4. The Kier molecular flexibility index (Phi) is 8.62. The molecular formula is C26H33N5O4. The normalized spacial score (nSPS) is 16.7. The van der Waals surface area contributed by atoms with E-state index in [0.29, 0.717) is 42.2 Å². The molecule has 0 radical (unpaired) electrons. The number of piperazine rings is 1. The molecule has 35 heavy (non-hydrogen) atoms. The highest BCUT2D eigenvalue weighted by atomic mass is 16.5. The number of hydrogen-bond donors (Lipinski definition) is 3. The van der Waals surface area contributed by atoms with Crippen LogP contribution < -0.4 is 16.2 Å². The predicted octanol–water partition coefficient (Wildman–Crippen LogP) is 2.01. The maximum absolute atomic E-state index is 12.9. The topological polar surface area (TPSA) is 135 Å². The van der Waals surface area contributed by atoms with Crippen molar-refractivity contribution in [2.45, 2.75) is 13.0 Å². The molecule has 9 heteroatoms. The summed E-state index contributed by atoms with van der Waals surface area (Å²) in [6.07, 6.45) is 1.20. The van der Waals surface area contributed by atoms with Gasteiger partial charge in [0.2, 0.25) is 5.78 Å². The van der Waals surface area contributed by atoms with Gasteiger partial charge in [-0.25, -0.2) is 0 Å². The van der Waals surface area contributed by atoms with E-state index in [0.717, 1.165) is 13.1 Å². The first-order chi connectivity index (χ1) is 16.7. The second-order valence-electron chi connectivity index (χ2n) is 8.62. The Bertz CT molecular complexity index is 1110. The SMILES string of the molecule is COCCOc1ccc(C(=N)C(=O)C=C(N)c2ccc(C(=O)N3CCN(C)C[C@@H]3C)cc2)c(N)c1. The van der Waals surface area contributed by atoms with E-state index >= 15 is 0 Å². The lowest BCUT2D eigenvalue weighted by molar-refractivity contribution is -0.108. The monoisotopic (exact) mass is 479 g/mol. The Hall–Kier alpha value is -3.69. The molecule has 1 aliphatic heterocycles. The fourth-order valence-corrected chi connectivity index (χ4v) is 3.94. The highest BCUT2D eigenvalue weighted by Crippen LogP contribution is 2.22. The van der Waals surface area contributed by atoms with Crippen molar-refractivity contribution in [3.05, 3.63) is 65.2 Å². The lowest BCUT2D eigenvalue weighted by atomic mass is 10.0. The third-order valence-corrected chi connectivity index (χ3v) is 5.94. The number of hydrogen-bond acceptors (Lipinski definition) is 8.